The van der Waals surface area contributed by atoms with Crippen LogP contribution >= 0.6 is 11.6 Å². The summed E-state index contributed by atoms with van der Waals surface area (Å²) in [6, 6.07) is 15.5. The normalized spacial score (nSPS) is 17.8. The van der Waals surface area contributed by atoms with Gasteiger partial charge in [0.15, 0.2) is 0 Å². The van der Waals surface area contributed by atoms with Crippen molar-refractivity contribution in [3.63, 3.8) is 0 Å². The highest BCUT2D eigenvalue weighted by molar-refractivity contribution is 6.40. The van der Waals surface area contributed by atoms with Crippen LogP contribution in [0, 0.1) is 6.92 Å². The Labute approximate surface area is 181 Å². The van der Waals surface area contributed by atoms with Crippen molar-refractivity contribution in [1.82, 2.24) is 9.80 Å². The van der Waals surface area contributed by atoms with Crippen LogP contribution in [0.4, 0.5) is 5.69 Å². The molecule has 1 saturated heterocycles. The summed E-state index contributed by atoms with van der Waals surface area (Å²) in [5, 5.41) is 6.52. The zero-order valence-electron chi connectivity index (χ0n) is 17.1. The molecule has 1 fully saturated rings. The molecule has 6 nitrogen and oxygen atoms in total. The van der Waals surface area contributed by atoms with E-state index in [1.807, 2.05) is 60.4 Å². The number of benzene rings is 2. The van der Waals surface area contributed by atoms with Crippen LogP contribution < -0.4 is 5.01 Å². The third kappa shape index (κ3) is 4.71. The zero-order chi connectivity index (χ0) is 21.1. The highest BCUT2D eigenvalue weighted by atomic mass is 35.5. The van der Waals surface area contributed by atoms with Gasteiger partial charge in [-0.25, -0.2) is 5.01 Å². The Bertz CT molecular complexity index is 948. The van der Waals surface area contributed by atoms with Crippen molar-refractivity contribution in [2.75, 3.05) is 31.2 Å². The van der Waals surface area contributed by atoms with Crippen molar-refractivity contribution in [2.24, 2.45) is 5.10 Å². The van der Waals surface area contributed by atoms with Crippen molar-refractivity contribution in [3.05, 3.63) is 64.7 Å². The number of amides is 2. The fraction of sp³-hybridized carbons (Fsp3) is 0.348. The van der Waals surface area contributed by atoms with E-state index in [4.69, 9.17) is 11.6 Å². The number of aryl methyl sites for hydroxylation is 1. The van der Waals surface area contributed by atoms with Gasteiger partial charge in [0, 0.05) is 50.6 Å². The van der Waals surface area contributed by atoms with Crippen LogP contribution in [0.3, 0.4) is 0 Å². The van der Waals surface area contributed by atoms with Gasteiger partial charge in [-0.05, 0) is 36.8 Å². The molecule has 2 aliphatic heterocycles. The molecule has 7 heteroatoms. The van der Waals surface area contributed by atoms with E-state index in [1.54, 1.807) is 0 Å². The molecule has 0 spiro atoms. The minimum absolute atomic E-state index is 0.0641. The predicted molar refractivity (Wildman–Crippen MR) is 119 cm³/mol. The van der Waals surface area contributed by atoms with E-state index in [2.05, 4.69) is 10.0 Å². The van der Waals surface area contributed by atoms with Crippen LogP contribution in [0.1, 0.15) is 24.0 Å². The number of piperazine rings is 1. The molecule has 2 aromatic carbocycles. The maximum atomic E-state index is 13.0. The lowest BCUT2D eigenvalue weighted by atomic mass is 10.1. The van der Waals surface area contributed by atoms with Gasteiger partial charge in [0.05, 0.1) is 5.69 Å². The van der Waals surface area contributed by atoms with Gasteiger partial charge in [0.1, 0.15) is 5.71 Å². The molecule has 0 saturated carbocycles. The van der Waals surface area contributed by atoms with E-state index >= 15 is 0 Å². The number of hydrogen-bond acceptors (Lipinski definition) is 4. The standard InChI is InChI=1S/C23H25ClN4O2/c1-17-2-8-20(9-3-17)28-22(29)11-10-21(25-28)23(30)27-14-12-26(13-15-27)16-18-4-6-19(24)7-5-18/h2-9H,10-16H2,1H3. The van der Waals surface area contributed by atoms with Crippen LogP contribution in [-0.2, 0) is 16.1 Å². The predicted octanol–water partition coefficient (Wildman–Crippen LogP) is 3.48. The third-order valence-corrected chi connectivity index (χ3v) is 5.79. The van der Waals surface area contributed by atoms with Gasteiger partial charge >= 0.3 is 0 Å². The highest BCUT2D eigenvalue weighted by Crippen LogP contribution is 2.22. The topological polar surface area (TPSA) is 56.2 Å². The van der Waals surface area contributed by atoms with Crippen LogP contribution in [0.25, 0.3) is 0 Å². The molecular weight excluding hydrogens is 400 g/mol. The minimum Gasteiger partial charge on any atom is -0.335 e. The molecule has 0 bridgehead atoms. The first-order valence-corrected chi connectivity index (χ1v) is 10.6. The van der Waals surface area contributed by atoms with Crippen LogP contribution in [-0.4, -0.2) is 53.5 Å². The molecule has 2 heterocycles. The molecule has 0 N–H and O–H groups in total. The Morgan fingerprint density at radius 2 is 1.63 bits per heavy atom. The fourth-order valence-corrected chi connectivity index (χ4v) is 3.86. The van der Waals surface area contributed by atoms with E-state index in [9.17, 15) is 9.59 Å². The third-order valence-electron chi connectivity index (χ3n) is 5.54. The average molecular weight is 425 g/mol. The van der Waals surface area contributed by atoms with Gasteiger partial charge in [-0.1, -0.05) is 41.4 Å². The lowest BCUT2D eigenvalue weighted by Gasteiger charge is -2.35. The number of nitrogens with zero attached hydrogens (tertiary/aromatic N) is 4. The minimum atomic E-state index is -0.0804. The van der Waals surface area contributed by atoms with Gasteiger partial charge in [-0.2, -0.15) is 5.10 Å². The average Bonchev–Trinajstić information content (AvgIpc) is 2.76. The molecule has 4 rings (SSSR count). The maximum Gasteiger partial charge on any atom is 0.270 e. The van der Waals surface area contributed by atoms with Gasteiger partial charge in [0.25, 0.3) is 5.91 Å². The molecule has 2 aliphatic rings. The van der Waals surface area contributed by atoms with E-state index in [0.717, 1.165) is 30.2 Å². The summed E-state index contributed by atoms with van der Waals surface area (Å²) < 4.78 is 0. The molecule has 0 atom stereocenters. The summed E-state index contributed by atoms with van der Waals surface area (Å²) in [5.74, 6) is -0.144. The maximum absolute atomic E-state index is 13.0. The Morgan fingerprint density at radius 3 is 2.30 bits per heavy atom. The summed E-state index contributed by atoms with van der Waals surface area (Å²) in [6.07, 6.45) is 0.694. The van der Waals surface area contributed by atoms with Crippen molar-refractivity contribution < 1.29 is 9.59 Å². The van der Waals surface area contributed by atoms with Gasteiger partial charge in [-0.15, -0.1) is 0 Å². The Hall–Kier alpha value is -2.70. The Balaban J connectivity index is 1.38. The van der Waals surface area contributed by atoms with E-state index < -0.39 is 0 Å². The molecule has 0 aliphatic carbocycles. The zero-order valence-corrected chi connectivity index (χ0v) is 17.8. The summed E-state index contributed by atoms with van der Waals surface area (Å²) in [4.78, 5) is 29.5. The molecule has 0 unspecified atom stereocenters. The van der Waals surface area contributed by atoms with Crippen molar-refractivity contribution >= 4 is 34.8 Å². The van der Waals surface area contributed by atoms with Crippen molar-refractivity contribution in [1.29, 1.82) is 0 Å². The quantitative estimate of drug-likeness (QED) is 0.755. The second-order valence-corrected chi connectivity index (χ2v) is 8.22. The second-order valence-electron chi connectivity index (χ2n) is 7.78. The molecule has 0 radical (unpaired) electrons. The van der Waals surface area contributed by atoms with Crippen molar-refractivity contribution in [2.45, 2.75) is 26.3 Å². The van der Waals surface area contributed by atoms with Crippen molar-refractivity contribution in [3.8, 4) is 0 Å². The number of anilines is 1. The van der Waals surface area contributed by atoms with E-state index in [0.29, 0.717) is 37.3 Å². The molecular formula is C23H25ClN4O2. The van der Waals surface area contributed by atoms with Gasteiger partial charge in [0.2, 0.25) is 5.91 Å². The number of hydrazone groups is 1. The lowest BCUT2D eigenvalue weighted by Crippen LogP contribution is -2.51. The Kier molecular flexibility index (Phi) is 6.16. The first kappa shape index (κ1) is 20.6. The smallest absolute Gasteiger partial charge is 0.270 e. The first-order chi connectivity index (χ1) is 14.5. The fourth-order valence-electron chi connectivity index (χ4n) is 3.73. The molecule has 30 heavy (non-hydrogen) atoms. The van der Waals surface area contributed by atoms with E-state index in [-0.39, 0.29) is 11.8 Å². The second kappa shape index (κ2) is 8.98. The van der Waals surface area contributed by atoms with Crippen LogP contribution in [0.5, 0.6) is 0 Å². The van der Waals surface area contributed by atoms with E-state index in [1.165, 1.54) is 10.6 Å². The number of hydrogen-bond donors (Lipinski definition) is 0. The summed E-state index contributed by atoms with van der Waals surface area (Å²) in [7, 11) is 0. The van der Waals surface area contributed by atoms with Crippen LogP contribution in [0.2, 0.25) is 5.02 Å². The molecule has 156 valence electrons. The largest absolute Gasteiger partial charge is 0.335 e. The monoisotopic (exact) mass is 424 g/mol. The highest BCUT2D eigenvalue weighted by Gasteiger charge is 2.30. The van der Waals surface area contributed by atoms with Gasteiger partial charge < -0.3 is 4.90 Å². The lowest BCUT2D eigenvalue weighted by molar-refractivity contribution is -0.126. The number of carbonyl (C=O) groups is 2. The number of rotatable bonds is 4. The first-order valence-electron chi connectivity index (χ1n) is 10.2. The number of halogens is 1. The van der Waals surface area contributed by atoms with Crippen LogP contribution in [0.15, 0.2) is 53.6 Å². The Morgan fingerprint density at radius 1 is 0.967 bits per heavy atom. The molecule has 0 aromatic heterocycles. The summed E-state index contributed by atoms with van der Waals surface area (Å²) in [6.45, 7) is 5.76. The summed E-state index contributed by atoms with van der Waals surface area (Å²) in [5.41, 5.74) is 3.48. The van der Waals surface area contributed by atoms with Gasteiger partial charge in [-0.3, -0.25) is 14.5 Å². The summed E-state index contributed by atoms with van der Waals surface area (Å²) >= 11 is 5.95. The molecule has 2 amide bonds. The SMILES string of the molecule is Cc1ccc(N2N=C(C(=O)N3CCN(Cc4ccc(Cl)cc4)CC3)CCC2=O)cc1. The number of carbonyl (C=O) groups excluding carboxylic acids is 2. The molecule has 2 aromatic rings.